The zero-order chi connectivity index (χ0) is 15.0. The maximum atomic E-state index is 10.5. The van der Waals surface area contributed by atoms with E-state index < -0.39 is 6.10 Å². The van der Waals surface area contributed by atoms with Gasteiger partial charge in [0.05, 0.1) is 15.1 Å². The molecule has 6 heteroatoms. The molecule has 0 saturated carbocycles. The average molecular weight is 346 g/mol. The van der Waals surface area contributed by atoms with Gasteiger partial charge in [-0.25, -0.2) is 0 Å². The van der Waals surface area contributed by atoms with Gasteiger partial charge in [0, 0.05) is 0 Å². The fraction of sp³-hybridized carbons (Fsp3) is 0.200. The second-order valence-electron chi connectivity index (χ2n) is 4.60. The van der Waals surface area contributed by atoms with Crippen LogP contribution in [0.2, 0.25) is 15.1 Å². The highest BCUT2D eigenvalue weighted by molar-refractivity contribution is 6.42. The third-order valence-electron chi connectivity index (χ3n) is 3.19. The number of aliphatic hydroxyl groups excluding tert-OH is 1. The Hall–Kier alpha value is -1.13. The normalized spacial score (nSPS) is 14.9. The summed E-state index contributed by atoms with van der Waals surface area (Å²) in [7, 11) is 0. The first-order valence-electron chi connectivity index (χ1n) is 6.28. The fourth-order valence-corrected chi connectivity index (χ4v) is 2.74. The van der Waals surface area contributed by atoms with Crippen molar-refractivity contribution in [2.45, 2.75) is 6.10 Å². The van der Waals surface area contributed by atoms with Crippen molar-refractivity contribution in [3.05, 3.63) is 56.5 Å². The van der Waals surface area contributed by atoms with Crippen molar-refractivity contribution in [1.29, 1.82) is 0 Å². The Balaban J connectivity index is 1.99. The van der Waals surface area contributed by atoms with Crippen molar-refractivity contribution in [3.8, 4) is 11.5 Å². The van der Waals surface area contributed by atoms with Gasteiger partial charge in [0.2, 0.25) is 0 Å². The van der Waals surface area contributed by atoms with Gasteiger partial charge in [0.15, 0.2) is 11.5 Å². The van der Waals surface area contributed by atoms with E-state index in [2.05, 4.69) is 0 Å². The molecule has 2 aromatic carbocycles. The minimum absolute atomic E-state index is 0.386. The van der Waals surface area contributed by atoms with E-state index in [9.17, 15) is 5.11 Å². The third kappa shape index (κ3) is 2.92. The van der Waals surface area contributed by atoms with Crippen molar-refractivity contribution in [2.24, 2.45) is 0 Å². The number of benzene rings is 2. The van der Waals surface area contributed by atoms with Crippen LogP contribution in [-0.4, -0.2) is 18.3 Å². The van der Waals surface area contributed by atoms with Crippen LogP contribution in [0.1, 0.15) is 17.2 Å². The van der Waals surface area contributed by atoms with Gasteiger partial charge >= 0.3 is 0 Å². The summed E-state index contributed by atoms with van der Waals surface area (Å²) in [5.41, 5.74) is 1.22. The molecule has 110 valence electrons. The lowest BCUT2D eigenvalue weighted by atomic mass is 10.0. The molecule has 0 amide bonds. The second kappa shape index (κ2) is 5.93. The fourth-order valence-electron chi connectivity index (χ4n) is 2.16. The second-order valence-corrected chi connectivity index (χ2v) is 5.82. The summed E-state index contributed by atoms with van der Waals surface area (Å²) in [4.78, 5) is 0. The highest BCUT2D eigenvalue weighted by Crippen LogP contribution is 2.41. The van der Waals surface area contributed by atoms with Gasteiger partial charge in [0.25, 0.3) is 0 Å². The molecule has 0 aromatic heterocycles. The van der Waals surface area contributed by atoms with Crippen LogP contribution in [-0.2, 0) is 0 Å². The largest absolute Gasteiger partial charge is 0.486 e. The topological polar surface area (TPSA) is 38.7 Å². The molecule has 0 aliphatic carbocycles. The minimum atomic E-state index is -0.881. The third-order valence-corrected chi connectivity index (χ3v) is 4.21. The van der Waals surface area contributed by atoms with E-state index in [1.807, 2.05) is 0 Å². The lowest BCUT2D eigenvalue weighted by Crippen LogP contribution is -2.16. The zero-order valence-electron chi connectivity index (χ0n) is 10.8. The van der Waals surface area contributed by atoms with Gasteiger partial charge in [-0.2, -0.15) is 0 Å². The Bertz CT molecular complexity index is 688. The summed E-state index contributed by atoms with van der Waals surface area (Å²) in [5.74, 6) is 1.04. The van der Waals surface area contributed by atoms with Gasteiger partial charge in [-0.15, -0.1) is 0 Å². The van der Waals surface area contributed by atoms with E-state index in [4.69, 9.17) is 44.3 Å². The van der Waals surface area contributed by atoms with Crippen molar-refractivity contribution in [1.82, 2.24) is 0 Å². The molecular weight excluding hydrogens is 335 g/mol. The molecule has 2 aromatic rings. The minimum Gasteiger partial charge on any atom is -0.486 e. The predicted molar refractivity (Wildman–Crippen MR) is 83.0 cm³/mol. The average Bonchev–Trinajstić information content (AvgIpc) is 2.49. The maximum absolute atomic E-state index is 10.5. The number of fused-ring (bicyclic) bond motifs is 1. The van der Waals surface area contributed by atoms with E-state index in [1.165, 1.54) is 0 Å². The molecule has 1 atom stereocenters. The Morgan fingerprint density at radius 2 is 1.57 bits per heavy atom. The van der Waals surface area contributed by atoms with Gasteiger partial charge in [-0.1, -0.05) is 40.9 Å². The molecule has 1 heterocycles. The first-order chi connectivity index (χ1) is 10.1. The van der Waals surface area contributed by atoms with Crippen LogP contribution in [0.4, 0.5) is 0 Å². The van der Waals surface area contributed by atoms with Crippen molar-refractivity contribution < 1.29 is 14.6 Å². The highest BCUT2D eigenvalue weighted by Gasteiger charge is 2.20. The maximum Gasteiger partial charge on any atom is 0.179 e. The van der Waals surface area contributed by atoms with Crippen molar-refractivity contribution in [2.75, 3.05) is 13.2 Å². The Morgan fingerprint density at radius 1 is 0.857 bits per heavy atom. The molecule has 1 unspecified atom stereocenters. The first kappa shape index (κ1) is 14.8. The van der Waals surface area contributed by atoms with Crippen molar-refractivity contribution in [3.63, 3.8) is 0 Å². The summed E-state index contributed by atoms with van der Waals surface area (Å²) in [6.07, 6.45) is -0.881. The monoisotopic (exact) mass is 344 g/mol. The van der Waals surface area contributed by atoms with Gasteiger partial charge in [-0.05, 0) is 35.4 Å². The molecule has 0 fully saturated rings. The number of halogens is 3. The van der Waals surface area contributed by atoms with Crippen LogP contribution in [0, 0.1) is 0 Å². The van der Waals surface area contributed by atoms with E-state index >= 15 is 0 Å². The Labute approximate surface area is 137 Å². The van der Waals surface area contributed by atoms with Crippen LogP contribution in [0.3, 0.4) is 0 Å². The first-order valence-corrected chi connectivity index (χ1v) is 7.41. The van der Waals surface area contributed by atoms with Gasteiger partial charge < -0.3 is 14.6 Å². The SMILES string of the molecule is OC(c1ccc(Cl)c(Cl)c1)c1cc(Cl)c2c(c1)OCCO2. The summed E-state index contributed by atoms with van der Waals surface area (Å²) >= 11 is 18.0. The summed E-state index contributed by atoms with van der Waals surface area (Å²) in [6.45, 7) is 0.914. The Morgan fingerprint density at radius 3 is 2.33 bits per heavy atom. The van der Waals surface area contributed by atoms with Crippen LogP contribution >= 0.6 is 34.8 Å². The Kier molecular flexibility index (Phi) is 4.18. The van der Waals surface area contributed by atoms with Crippen molar-refractivity contribution >= 4 is 34.8 Å². The lowest BCUT2D eigenvalue weighted by Gasteiger charge is -2.21. The van der Waals surface area contributed by atoms with E-state index in [1.54, 1.807) is 30.3 Å². The van der Waals surface area contributed by atoms with E-state index in [-0.39, 0.29) is 0 Å². The van der Waals surface area contributed by atoms with Crippen LogP contribution in [0.5, 0.6) is 11.5 Å². The van der Waals surface area contributed by atoms with E-state index in [0.29, 0.717) is 50.9 Å². The standard InChI is InChI=1S/C15H11Cl3O3/c16-10-2-1-8(5-11(10)17)14(19)9-6-12(18)15-13(7-9)20-3-4-21-15/h1-2,5-7,14,19H,3-4H2. The number of ether oxygens (including phenoxy) is 2. The molecule has 1 aliphatic heterocycles. The molecule has 0 saturated heterocycles. The van der Waals surface area contributed by atoms with E-state index in [0.717, 1.165) is 0 Å². The quantitative estimate of drug-likeness (QED) is 0.871. The summed E-state index contributed by atoms with van der Waals surface area (Å²) in [5, 5.41) is 11.7. The number of rotatable bonds is 2. The molecule has 21 heavy (non-hydrogen) atoms. The molecule has 0 radical (unpaired) electrons. The lowest BCUT2D eigenvalue weighted by molar-refractivity contribution is 0.170. The molecule has 0 spiro atoms. The molecule has 3 nitrogen and oxygen atoms in total. The van der Waals surface area contributed by atoms with Crippen LogP contribution < -0.4 is 9.47 Å². The number of hydrogen-bond acceptors (Lipinski definition) is 3. The van der Waals surface area contributed by atoms with Gasteiger partial charge in [0.1, 0.15) is 19.3 Å². The van der Waals surface area contributed by atoms with Gasteiger partial charge in [-0.3, -0.25) is 0 Å². The number of hydrogen-bond donors (Lipinski definition) is 1. The molecule has 3 rings (SSSR count). The van der Waals surface area contributed by atoms with Crippen LogP contribution in [0.15, 0.2) is 30.3 Å². The summed E-state index contributed by atoms with van der Waals surface area (Å²) in [6, 6.07) is 8.35. The molecule has 0 bridgehead atoms. The molecule has 1 aliphatic rings. The number of aliphatic hydroxyl groups is 1. The molecule has 1 N–H and O–H groups in total. The van der Waals surface area contributed by atoms with Crippen LogP contribution in [0.25, 0.3) is 0 Å². The highest BCUT2D eigenvalue weighted by atomic mass is 35.5. The smallest absolute Gasteiger partial charge is 0.179 e. The summed E-state index contributed by atoms with van der Waals surface area (Å²) < 4.78 is 11.0. The zero-order valence-corrected chi connectivity index (χ0v) is 13.0. The predicted octanol–water partition coefficient (Wildman–Crippen LogP) is 4.50. The molecular formula is C15H11Cl3O3.